The first-order chi connectivity index (χ1) is 21.0. The number of nitrogens with zero attached hydrogens (tertiary/aromatic N) is 1. The lowest BCUT2D eigenvalue weighted by Gasteiger charge is -2.23. The number of hydrogen-bond donors (Lipinski definition) is 3. The van der Waals surface area contributed by atoms with Crippen LogP contribution in [0.4, 0.5) is 0 Å². The Labute approximate surface area is 266 Å². The van der Waals surface area contributed by atoms with Gasteiger partial charge in [0.05, 0.1) is 0 Å². The first-order valence-electron chi connectivity index (χ1n) is 18.6. The van der Waals surface area contributed by atoms with Gasteiger partial charge in [-0.1, -0.05) is 136 Å². The molecule has 0 radical (unpaired) electrons. The molecular formula is C36H72N4O3. The zero-order chi connectivity index (χ0) is 31.6. The predicted molar refractivity (Wildman–Crippen MR) is 183 cm³/mol. The summed E-state index contributed by atoms with van der Waals surface area (Å²) in [4.78, 5) is 39.2. The Hall–Kier alpha value is -1.63. The van der Waals surface area contributed by atoms with Gasteiger partial charge in [0.1, 0.15) is 0 Å². The van der Waals surface area contributed by atoms with Gasteiger partial charge in [-0.15, -0.1) is 0 Å². The van der Waals surface area contributed by atoms with Crippen LogP contribution in [-0.2, 0) is 14.4 Å². The van der Waals surface area contributed by atoms with E-state index < -0.39 is 0 Å². The van der Waals surface area contributed by atoms with Crippen LogP contribution >= 0.6 is 0 Å². The largest absolute Gasteiger partial charge is 0.355 e. The van der Waals surface area contributed by atoms with Gasteiger partial charge >= 0.3 is 0 Å². The second-order valence-corrected chi connectivity index (χ2v) is 12.5. The van der Waals surface area contributed by atoms with Crippen LogP contribution in [0, 0.1) is 0 Å². The van der Waals surface area contributed by atoms with Crippen LogP contribution in [0.5, 0.6) is 0 Å². The molecule has 0 fully saturated rings. The van der Waals surface area contributed by atoms with E-state index in [0.717, 1.165) is 38.5 Å². The SMILES string of the molecule is CCCCCCCCCC(=O)NCCN(CCNC(=O)CCCCCCCCC)CCNC(=O)CCCCCCCCC. The minimum absolute atomic E-state index is 0.125. The zero-order valence-electron chi connectivity index (χ0n) is 28.9. The van der Waals surface area contributed by atoms with E-state index in [0.29, 0.717) is 58.5 Å². The summed E-state index contributed by atoms with van der Waals surface area (Å²) in [7, 11) is 0. The highest BCUT2D eigenvalue weighted by Gasteiger charge is 2.09. The minimum Gasteiger partial charge on any atom is -0.355 e. The molecule has 254 valence electrons. The van der Waals surface area contributed by atoms with Gasteiger partial charge in [-0.25, -0.2) is 0 Å². The molecule has 0 spiro atoms. The summed E-state index contributed by atoms with van der Waals surface area (Å²) in [5.74, 6) is 0.374. The van der Waals surface area contributed by atoms with E-state index in [1.807, 2.05) is 0 Å². The molecule has 0 saturated carbocycles. The average molecular weight is 609 g/mol. The van der Waals surface area contributed by atoms with Gasteiger partial charge in [0.25, 0.3) is 0 Å². The Bertz CT molecular complexity index is 558. The second-order valence-electron chi connectivity index (χ2n) is 12.5. The maximum Gasteiger partial charge on any atom is 0.220 e. The Morgan fingerprint density at radius 1 is 0.372 bits per heavy atom. The maximum atomic E-state index is 12.3. The summed E-state index contributed by atoms with van der Waals surface area (Å²) in [6.45, 7) is 10.6. The van der Waals surface area contributed by atoms with Crippen LogP contribution in [0.2, 0.25) is 0 Å². The quantitative estimate of drug-likeness (QED) is 0.0658. The lowest BCUT2D eigenvalue weighted by molar-refractivity contribution is -0.121. The molecule has 0 heterocycles. The second kappa shape index (κ2) is 33.3. The van der Waals surface area contributed by atoms with Crippen molar-refractivity contribution in [3.63, 3.8) is 0 Å². The van der Waals surface area contributed by atoms with Crippen LogP contribution in [0.3, 0.4) is 0 Å². The van der Waals surface area contributed by atoms with Crippen molar-refractivity contribution in [1.29, 1.82) is 0 Å². The standard InChI is InChI=1S/C36H72N4O3/c1-4-7-10-13-16-19-22-25-34(41)37-28-31-40(32-29-38-35(42)26-23-20-17-14-11-8-5-2)33-30-39-36(43)27-24-21-18-15-12-9-6-3/h4-33H2,1-3H3,(H,37,41)(H,38,42)(H,39,43). The molecule has 43 heavy (non-hydrogen) atoms. The predicted octanol–water partition coefficient (Wildman–Crippen LogP) is 8.06. The van der Waals surface area contributed by atoms with E-state index >= 15 is 0 Å². The molecule has 0 aliphatic carbocycles. The average Bonchev–Trinajstić information content (AvgIpc) is 2.99. The van der Waals surface area contributed by atoms with Gasteiger partial charge in [-0.05, 0) is 19.3 Å². The highest BCUT2D eigenvalue weighted by atomic mass is 16.2. The molecule has 0 aliphatic rings. The Balaban J connectivity index is 4.29. The van der Waals surface area contributed by atoms with E-state index in [2.05, 4.69) is 41.6 Å². The molecular weight excluding hydrogens is 536 g/mol. The number of amides is 3. The number of rotatable bonds is 33. The molecule has 0 aromatic rings. The molecule has 0 aliphatic heterocycles. The molecule has 0 atom stereocenters. The van der Waals surface area contributed by atoms with Gasteiger partial charge in [0.2, 0.25) is 17.7 Å². The van der Waals surface area contributed by atoms with E-state index in [1.54, 1.807) is 0 Å². The molecule has 0 aromatic carbocycles. The van der Waals surface area contributed by atoms with Crippen LogP contribution in [0.1, 0.15) is 175 Å². The monoisotopic (exact) mass is 609 g/mol. The normalized spacial score (nSPS) is 11.2. The third-order valence-electron chi connectivity index (χ3n) is 8.27. The van der Waals surface area contributed by atoms with Gasteiger partial charge in [0, 0.05) is 58.5 Å². The van der Waals surface area contributed by atoms with E-state index in [9.17, 15) is 14.4 Å². The molecule has 0 saturated heterocycles. The summed E-state index contributed by atoms with van der Waals surface area (Å²) in [6.07, 6.45) is 27.1. The third kappa shape index (κ3) is 31.6. The van der Waals surface area contributed by atoms with E-state index in [-0.39, 0.29) is 17.7 Å². The van der Waals surface area contributed by atoms with Crippen molar-refractivity contribution in [1.82, 2.24) is 20.9 Å². The van der Waals surface area contributed by atoms with Crippen molar-refractivity contribution in [2.75, 3.05) is 39.3 Å². The van der Waals surface area contributed by atoms with Crippen molar-refractivity contribution in [2.45, 2.75) is 175 Å². The van der Waals surface area contributed by atoms with Crippen molar-refractivity contribution in [3.05, 3.63) is 0 Å². The van der Waals surface area contributed by atoms with Crippen molar-refractivity contribution in [3.8, 4) is 0 Å². The number of unbranched alkanes of at least 4 members (excludes halogenated alkanes) is 18. The van der Waals surface area contributed by atoms with Crippen LogP contribution in [0.15, 0.2) is 0 Å². The number of nitrogens with one attached hydrogen (secondary N) is 3. The molecule has 7 nitrogen and oxygen atoms in total. The smallest absolute Gasteiger partial charge is 0.220 e. The number of hydrogen-bond acceptors (Lipinski definition) is 4. The molecule has 3 N–H and O–H groups in total. The molecule has 7 heteroatoms. The van der Waals surface area contributed by atoms with Crippen molar-refractivity contribution >= 4 is 17.7 Å². The summed E-state index contributed by atoms with van der Waals surface area (Å²) < 4.78 is 0. The first-order valence-corrected chi connectivity index (χ1v) is 18.6. The number of carbonyl (C=O) groups excluding carboxylic acids is 3. The fourth-order valence-electron chi connectivity index (χ4n) is 5.39. The Morgan fingerprint density at radius 3 is 0.860 bits per heavy atom. The zero-order valence-corrected chi connectivity index (χ0v) is 28.9. The van der Waals surface area contributed by atoms with Gasteiger partial charge in [-0.3, -0.25) is 19.3 Å². The van der Waals surface area contributed by atoms with Crippen LogP contribution < -0.4 is 16.0 Å². The summed E-state index contributed by atoms with van der Waals surface area (Å²) >= 11 is 0. The fourth-order valence-corrected chi connectivity index (χ4v) is 5.39. The summed E-state index contributed by atoms with van der Waals surface area (Å²) in [6, 6.07) is 0. The van der Waals surface area contributed by atoms with Gasteiger partial charge in [0.15, 0.2) is 0 Å². The maximum absolute atomic E-state index is 12.3. The lowest BCUT2D eigenvalue weighted by atomic mass is 10.1. The van der Waals surface area contributed by atoms with Gasteiger partial charge in [-0.2, -0.15) is 0 Å². The summed E-state index contributed by atoms with van der Waals surface area (Å²) in [5.41, 5.74) is 0. The topological polar surface area (TPSA) is 90.5 Å². The van der Waals surface area contributed by atoms with Crippen molar-refractivity contribution < 1.29 is 14.4 Å². The Morgan fingerprint density at radius 2 is 0.605 bits per heavy atom. The third-order valence-corrected chi connectivity index (χ3v) is 8.27. The van der Waals surface area contributed by atoms with Crippen molar-refractivity contribution in [2.24, 2.45) is 0 Å². The van der Waals surface area contributed by atoms with Crippen LogP contribution in [0.25, 0.3) is 0 Å². The highest BCUT2D eigenvalue weighted by molar-refractivity contribution is 5.76. The molecule has 0 bridgehead atoms. The lowest BCUT2D eigenvalue weighted by Crippen LogP contribution is -2.43. The number of carbonyl (C=O) groups is 3. The molecule has 3 amide bonds. The fraction of sp³-hybridized carbons (Fsp3) is 0.917. The van der Waals surface area contributed by atoms with Gasteiger partial charge < -0.3 is 16.0 Å². The first kappa shape index (κ1) is 41.4. The molecule has 0 rings (SSSR count). The summed E-state index contributed by atoms with van der Waals surface area (Å²) in [5, 5.41) is 9.22. The highest BCUT2D eigenvalue weighted by Crippen LogP contribution is 2.10. The Kier molecular flexibility index (Phi) is 32.0. The van der Waals surface area contributed by atoms with E-state index in [4.69, 9.17) is 0 Å². The minimum atomic E-state index is 0.125. The van der Waals surface area contributed by atoms with E-state index in [1.165, 1.54) is 96.3 Å². The van der Waals surface area contributed by atoms with Crippen LogP contribution in [-0.4, -0.2) is 61.9 Å². The molecule has 0 unspecified atom stereocenters. The molecule has 0 aromatic heterocycles.